The van der Waals surface area contributed by atoms with Crippen molar-refractivity contribution in [1.29, 1.82) is 5.41 Å². The molecular formula is C43H38N4. The molecule has 4 heteroatoms. The normalized spacial score (nSPS) is 16.1. The quantitative estimate of drug-likeness (QED) is 0.0644. The summed E-state index contributed by atoms with van der Waals surface area (Å²) >= 11 is 0. The lowest BCUT2D eigenvalue weighted by Gasteiger charge is -2.19. The Bertz CT molecular complexity index is 2210. The fourth-order valence-corrected chi connectivity index (χ4v) is 5.74. The molecule has 230 valence electrons. The Balaban J connectivity index is 1.50. The molecule has 0 bridgehead atoms. The van der Waals surface area contributed by atoms with Gasteiger partial charge in [0.05, 0.1) is 11.2 Å². The maximum atomic E-state index is 8.74. The van der Waals surface area contributed by atoms with Crippen molar-refractivity contribution in [2.45, 2.75) is 27.2 Å². The zero-order valence-electron chi connectivity index (χ0n) is 27.1. The standard InChI is InChI=1S/C43H38N4/c1-4-6-9-16-31-23-24-37-38(25-31)39-27-33-19-12-13-20-34(33)28-40(39)46-41(37)35-21-14-22-36(26-35)43(45-29-32-17-10-8-11-18-32)47-42(44)30(3)15-7-5-2/h4-21,23-29,36,44H,22H2,1-3H3/b6-4-,7-5-,16-9-,30-15+,44-42?,45-29+,47-43-. The first-order chi connectivity index (χ1) is 23.0. The summed E-state index contributed by atoms with van der Waals surface area (Å²) in [7, 11) is 0. The number of allylic oxidation sites excluding steroid dienone is 9. The van der Waals surface area contributed by atoms with E-state index in [1.54, 1.807) is 0 Å². The molecule has 0 saturated heterocycles. The summed E-state index contributed by atoms with van der Waals surface area (Å²) in [5.41, 5.74) is 5.81. The molecule has 1 atom stereocenters. The van der Waals surface area contributed by atoms with Gasteiger partial charge in [-0.15, -0.1) is 0 Å². The van der Waals surface area contributed by atoms with Gasteiger partial charge in [-0.3, -0.25) is 5.41 Å². The van der Waals surface area contributed by atoms with Crippen LogP contribution in [0.5, 0.6) is 0 Å². The number of benzene rings is 4. The highest BCUT2D eigenvalue weighted by Gasteiger charge is 2.20. The van der Waals surface area contributed by atoms with E-state index in [9.17, 15) is 0 Å². The van der Waals surface area contributed by atoms with Crippen LogP contribution in [-0.2, 0) is 0 Å². The number of pyridine rings is 1. The Morgan fingerprint density at radius 3 is 2.36 bits per heavy atom. The van der Waals surface area contributed by atoms with Crippen LogP contribution in [0, 0.1) is 11.3 Å². The van der Waals surface area contributed by atoms with E-state index < -0.39 is 0 Å². The van der Waals surface area contributed by atoms with E-state index in [0.717, 1.165) is 61.4 Å². The molecule has 1 aliphatic rings. The van der Waals surface area contributed by atoms with Crippen molar-refractivity contribution in [3.63, 3.8) is 0 Å². The molecule has 6 rings (SSSR count). The van der Waals surface area contributed by atoms with Gasteiger partial charge >= 0.3 is 0 Å². The van der Waals surface area contributed by atoms with Crippen LogP contribution in [0.1, 0.15) is 44.0 Å². The fraction of sp³-hybridized carbons (Fsp3) is 0.116. The van der Waals surface area contributed by atoms with Gasteiger partial charge in [-0.05, 0) is 83.8 Å². The maximum Gasteiger partial charge on any atom is 0.149 e. The second kappa shape index (κ2) is 14.6. The van der Waals surface area contributed by atoms with Crippen molar-refractivity contribution in [1.82, 2.24) is 4.98 Å². The molecule has 0 saturated carbocycles. The summed E-state index contributed by atoms with van der Waals surface area (Å²) in [6.07, 6.45) is 23.2. The Labute approximate surface area is 276 Å². The molecule has 1 aliphatic carbocycles. The molecule has 0 aliphatic heterocycles. The maximum absolute atomic E-state index is 8.74. The smallest absolute Gasteiger partial charge is 0.149 e. The second-order valence-corrected chi connectivity index (χ2v) is 11.6. The summed E-state index contributed by atoms with van der Waals surface area (Å²) in [5, 5.41) is 14.5. The van der Waals surface area contributed by atoms with E-state index in [1.807, 2.05) is 87.7 Å². The van der Waals surface area contributed by atoms with Gasteiger partial charge in [0, 0.05) is 22.9 Å². The fourth-order valence-electron chi connectivity index (χ4n) is 5.74. The minimum atomic E-state index is -0.128. The predicted molar refractivity (Wildman–Crippen MR) is 204 cm³/mol. The minimum absolute atomic E-state index is 0.128. The lowest BCUT2D eigenvalue weighted by Crippen LogP contribution is -2.15. The zero-order chi connectivity index (χ0) is 32.6. The lowest BCUT2D eigenvalue weighted by atomic mass is 9.90. The number of aliphatic imine (C=N–C) groups is 2. The van der Waals surface area contributed by atoms with Crippen LogP contribution in [0.15, 0.2) is 155 Å². The van der Waals surface area contributed by atoms with Crippen molar-refractivity contribution >= 4 is 62.0 Å². The first-order valence-corrected chi connectivity index (χ1v) is 16.0. The average molecular weight is 611 g/mol. The van der Waals surface area contributed by atoms with Gasteiger partial charge in [0.15, 0.2) is 0 Å². The van der Waals surface area contributed by atoms with E-state index in [0.29, 0.717) is 5.84 Å². The molecule has 1 unspecified atom stereocenters. The minimum Gasteiger partial charge on any atom is -0.283 e. The summed E-state index contributed by atoms with van der Waals surface area (Å²) < 4.78 is 0. The van der Waals surface area contributed by atoms with Crippen LogP contribution in [0.2, 0.25) is 0 Å². The number of nitrogens with zero attached hydrogens (tertiary/aromatic N) is 3. The Kier molecular flexibility index (Phi) is 9.69. The Hall–Kier alpha value is -5.74. The van der Waals surface area contributed by atoms with Crippen LogP contribution >= 0.6 is 0 Å². The summed E-state index contributed by atoms with van der Waals surface area (Å²) in [6, 6.07) is 29.5. The van der Waals surface area contributed by atoms with E-state index in [2.05, 4.69) is 85.0 Å². The monoisotopic (exact) mass is 610 g/mol. The predicted octanol–water partition coefficient (Wildman–Crippen LogP) is 11.1. The van der Waals surface area contributed by atoms with Crippen LogP contribution in [-0.4, -0.2) is 22.9 Å². The molecule has 5 aromatic rings. The summed E-state index contributed by atoms with van der Waals surface area (Å²) in [4.78, 5) is 15.0. The van der Waals surface area contributed by atoms with Gasteiger partial charge < -0.3 is 0 Å². The number of aromatic nitrogens is 1. The highest BCUT2D eigenvalue weighted by Crippen LogP contribution is 2.36. The number of amidine groups is 2. The van der Waals surface area contributed by atoms with Gasteiger partial charge in [0.1, 0.15) is 11.7 Å². The molecular weight excluding hydrogens is 573 g/mol. The van der Waals surface area contributed by atoms with Crippen molar-refractivity contribution in [2.24, 2.45) is 15.9 Å². The third-order valence-electron chi connectivity index (χ3n) is 8.23. The SMILES string of the molecule is C/C=C\C=C/c1ccc2c(C3=CC(C(=N/C(=N)/C(C)=C/C=C\C)/N=C/c4ccccc4)CC=C3)nc3cc4ccccc4cc3c2c1. The molecule has 1 heterocycles. The Morgan fingerprint density at radius 2 is 1.57 bits per heavy atom. The van der Waals surface area contributed by atoms with E-state index >= 15 is 0 Å². The van der Waals surface area contributed by atoms with Gasteiger partial charge in [0.25, 0.3) is 0 Å². The van der Waals surface area contributed by atoms with Crippen LogP contribution in [0.3, 0.4) is 0 Å². The zero-order valence-corrected chi connectivity index (χ0v) is 27.1. The van der Waals surface area contributed by atoms with Crippen LogP contribution < -0.4 is 0 Å². The van der Waals surface area contributed by atoms with E-state index in [-0.39, 0.29) is 11.8 Å². The van der Waals surface area contributed by atoms with E-state index in [4.69, 9.17) is 20.4 Å². The van der Waals surface area contributed by atoms with Crippen molar-refractivity contribution in [2.75, 3.05) is 0 Å². The largest absolute Gasteiger partial charge is 0.283 e. The van der Waals surface area contributed by atoms with Gasteiger partial charge in [-0.2, -0.15) is 0 Å². The van der Waals surface area contributed by atoms with Gasteiger partial charge in [-0.25, -0.2) is 15.0 Å². The highest BCUT2D eigenvalue weighted by atomic mass is 15.0. The van der Waals surface area contributed by atoms with Gasteiger partial charge in [0.2, 0.25) is 0 Å². The third kappa shape index (κ3) is 7.23. The average Bonchev–Trinajstić information content (AvgIpc) is 3.11. The molecule has 1 N–H and O–H groups in total. The van der Waals surface area contributed by atoms with Crippen molar-refractivity contribution in [3.05, 3.63) is 162 Å². The number of hydrogen-bond donors (Lipinski definition) is 1. The number of fused-ring (bicyclic) bond motifs is 4. The van der Waals surface area contributed by atoms with Crippen molar-refractivity contribution in [3.8, 4) is 0 Å². The molecule has 0 amide bonds. The first-order valence-electron chi connectivity index (χ1n) is 16.0. The molecule has 0 spiro atoms. The van der Waals surface area contributed by atoms with Crippen LogP contribution in [0.25, 0.3) is 44.1 Å². The van der Waals surface area contributed by atoms with E-state index in [1.165, 1.54) is 5.39 Å². The molecule has 47 heavy (non-hydrogen) atoms. The topological polar surface area (TPSA) is 61.5 Å². The van der Waals surface area contributed by atoms with Crippen LogP contribution in [0.4, 0.5) is 0 Å². The Morgan fingerprint density at radius 1 is 0.809 bits per heavy atom. The number of nitrogens with one attached hydrogen (secondary N) is 1. The van der Waals surface area contributed by atoms with Gasteiger partial charge in [-0.1, -0.05) is 127 Å². The van der Waals surface area contributed by atoms with Crippen molar-refractivity contribution < 1.29 is 0 Å². The molecule has 0 radical (unpaired) electrons. The lowest BCUT2D eigenvalue weighted by molar-refractivity contribution is 0.863. The number of rotatable bonds is 7. The highest BCUT2D eigenvalue weighted by molar-refractivity contribution is 6.14. The third-order valence-corrected chi connectivity index (χ3v) is 8.23. The first kappa shape index (κ1) is 31.3. The molecule has 4 nitrogen and oxygen atoms in total. The molecule has 1 aromatic heterocycles. The molecule has 0 fully saturated rings. The molecule has 4 aromatic carbocycles. The number of hydrogen-bond acceptors (Lipinski definition) is 2. The second-order valence-electron chi connectivity index (χ2n) is 11.6. The summed E-state index contributed by atoms with van der Waals surface area (Å²) in [5.74, 6) is 0.672. The summed E-state index contributed by atoms with van der Waals surface area (Å²) in [6.45, 7) is 5.89.